The highest BCUT2D eigenvalue weighted by Gasteiger charge is 2.27. The van der Waals surface area contributed by atoms with Crippen molar-refractivity contribution in [1.29, 1.82) is 0 Å². The standard InChI is InChI=1S/C15H21NO2/c1-12(15(17)18)14-7-9-16(10-8-14)11-13-5-3-2-4-6-13/h2-6,12,14H,7-11H2,1H3,(H,17,18). The Morgan fingerprint density at radius 2 is 1.94 bits per heavy atom. The summed E-state index contributed by atoms with van der Waals surface area (Å²) < 4.78 is 0. The minimum absolute atomic E-state index is 0.205. The molecule has 98 valence electrons. The second-order valence-electron chi connectivity index (χ2n) is 5.23. The maximum atomic E-state index is 11.0. The number of piperidine rings is 1. The lowest BCUT2D eigenvalue weighted by Crippen LogP contribution is -2.36. The van der Waals surface area contributed by atoms with Crippen LogP contribution in [0.15, 0.2) is 30.3 Å². The third-order valence-electron chi connectivity index (χ3n) is 3.98. The molecule has 0 aliphatic carbocycles. The van der Waals surface area contributed by atoms with Crippen molar-refractivity contribution >= 4 is 5.97 Å². The highest BCUT2D eigenvalue weighted by Crippen LogP contribution is 2.25. The average Bonchev–Trinajstić information content (AvgIpc) is 2.40. The molecule has 1 saturated heterocycles. The molecule has 3 nitrogen and oxygen atoms in total. The number of carboxylic acids is 1. The molecule has 1 aromatic rings. The molecule has 0 amide bonds. The molecule has 3 heteroatoms. The molecule has 1 aromatic carbocycles. The van der Waals surface area contributed by atoms with Gasteiger partial charge in [-0.15, -0.1) is 0 Å². The molecular weight excluding hydrogens is 226 g/mol. The lowest BCUT2D eigenvalue weighted by molar-refractivity contribution is -0.143. The first kappa shape index (κ1) is 13.1. The van der Waals surface area contributed by atoms with E-state index in [1.165, 1.54) is 5.56 Å². The van der Waals surface area contributed by atoms with Crippen LogP contribution in [-0.2, 0) is 11.3 Å². The van der Waals surface area contributed by atoms with Crippen molar-refractivity contribution in [2.75, 3.05) is 13.1 Å². The monoisotopic (exact) mass is 247 g/mol. The van der Waals surface area contributed by atoms with Crippen LogP contribution in [0.3, 0.4) is 0 Å². The minimum Gasteiger partial charge on any atom is -0.481 e. The van der Waals surface area contributed by atoms with E-state index < -0.39 is 5.97 Å². The van der Waals surface area contributed by atoms with Gasteiger partial charge in [0.1, 0.15) is 0 Å². The molecule has 0 bridgehead atoms. The molecule has 0 aromatic heterocycles. The fourth-order valence-electron chi connectivity index (χ4n) is 2.65. The Bertz CT molecular complexity index is 383. The van der Waals surface area contributed by atoms with Gasteiger partial charge in [0.05, 0.1) is 5.92 Å². The van der Waals surface area contributed by atoms with E-state index in [9.17, 15) is 4.79 Å². The van der Waals surface area contributed by atoms with Crippen molar-refractivity contribution in [3.8, 4) is 0 Å². The van der Waals surface area contributed by atoms with Gasteiger partial charge in [-0.05, 0) is 37.4 Å². The van der Waals surface area contributed by atoms with Gasteiger partial charge in [0.25, 0.3) is 0 Å². The van der Waals surface area contributed by atoms with Crippen molar-refractivity contribution in [3.05, 3.63) is 35.9 Å². The summed E-state index contributed by atoms with van der Waals surface area (Å²) in [7, 11) is 0. The van der Waals surface area contributed by atoms with Gasteiger partial charge in [0.15, 0.2) is 0 Å². The van der Waals surface area contributed by atoms with Crippen LogP contribution in [0.25, 0.3) is 0 Å². The summed E-state index contributed by atoms with van der Waals surface area (Å²) in [6.45, 7) is 4.84. The summed E-state index contributed by atoms with van der Waals surface area (Å²) in [5.41, 5.74) is 1.34. The van der Waals surface area contributed by atoms with Crippen molar-refractivity contribution in [2.24, 2.45) is 11.8 Å². The van der Waals surface area contributed by atoms with Crippen LogP contribution in [0.4, 0.5) is 0 Å². The Morgan fingerprint density at radius 1 is 1.33 bits per heavy atom. The Hall–Kier alpha value is -1.35. The number of carboxylic acid groups (broad SMARTS) is 1. The fourth-order valence-corrected chi connectivity index (χ4v) is 2.65. The maximum Gasteiger partial charge on any atom is 0.306 e. The minimum atomic E-state index is -0.656. The summed E-state index contributed by atoms with van der Waals surface area (Å²) in [5, 5.41) is 9.02. The zero-order chi connectivity index (χ0) is 13.0. The quantitative estimate of drug-likeness (QED) is 0.889. The first-order valence-electron chi connectivity index (χ1n) is 6.66. The van der Waals surface area contributed by atoms with Gasteiger partial charge in [-0.25, -0.2) is 0 Å². The summed E-state index contributed by atoms with van der Waals surface area (Å²) in [6.07, 6.45) is 2.00. The summed E-state index contributed by atoms with van der Waals surface area (Å²) >= 11 is 0. The molecule has 1 fully saturated rings. The van der Waals surface area contributed by atoms with Gasteiger partial charge in [-0.3, -0.25) is 9.69 Å². The second kappa shape index (κ2) is 6.01. The molecular formula is C15H21NO2. The summed E-state index contributed by atoms with van der Waals surface area (Å²) in [5.74, 6) is -0.519. The van der Waals surface area contributed by atoms with Crippen LogP contribution >= 0.6 is 0 Å². The van der Waals surface area contributed by atoms with Crippen LogP contribution in [0.2, 0.25) is 0 Å². The van der Waals surface area contributed by atoms with Gasteiger partial charge < -0.3 is 5.11 Å². The average molecular weight is 247 g/mol. The molecule has 1 aliphatic heterocycles. The van der Waals surface area contributed by atoms with Crippen LogP contribution in [0, 0.1) is 11.8 Å². The van der Waals surface area contributed by atoms with Crippen LogP contribution in [0.1, 0.15) is 25.3 Å². The van der Waals surface area contributed by atoms with Crippen LogP contribution in [-0.4, -0.2) is 29.1 Å². The van der Waals surface area contributed by atoms with Gasteiger partial charge in [0.2, 0.25) is 0 Å². The predicted molar refractivity (Wildman–Crippen MR) is 71.2 cm³/mol. The smallest absolute Gasteiger partial charge is 0.306 e. The summed E-state index contributed by atoms with van der Waals surface area (Å²) in [4.78, 5) is 13.4. The number of likely N-dealkylation sites (tertiary alicyclic amines) is 1. The van der Waals surface area contributed by atoms with E-state index in [0.29, 0.717) is 5.92 Å². The largest absolute Gasteiger partial charge is 0.481 e. The zero-order valence-electron chi connectivity index (χ0n) is 10.9. The van der Waals surface area contributed by atoms with Gasteiger partial charge in [0, 0.05) is 6.54 Å². The van der Waals surface area contributed by atoms with Gasteiger partial charge in [-0.2, -0.15) is 0 Å². The third kappa shape index (κ3) is 3.33. The van der Waals surface area contributed by atoms with Crippen molar-refractivity contribution in [2.45, 2.75) is 26.3 Å². The molecule has 1 unspecified atom stereocenters. The molecule has 0 radical (unpaired) electrons. The maximum absolute atomic E-state index is 11.0. The zero-order valence-corrected chi connectivity index (χ0v) is 10.9. The van der Waals surface area contributed by atoms with Crippen LogP contribution < -0.4 is 0 Å². The lowest BCUT2D eigenvalue weighted by atomic mass is 9.85. The number of carbonyl (C=O) groups is 1. The van der Waals surface area contributed by atoms with Gasteiger partial charge >= 0.3 is 5.97 Å². The summed E-state index contributed by atoms with van der Waals surface area (Å²) in [6, 6.07) is 10.4. The molecule has 1 N–H and O–H groups in total. The van der Waals surface area contributed by atoms with Crippen molar-refractivity contribution in [1.82, 2.24) is 4.90 Å². The van der Waals surface area contributed by atoms with Crippen molar-refractivity contribution in [3.63, 3.8) is 0 Å². The number of rotatable bonds is 4. The number of nitrogens with zero attached hydrogens (tertiary/aromatic N) is 1. The van der Waals surface area contributed by atoms with E-state index >= 15 is 0 Å². The number of aliphatic carboxylic acids is 1. The SMILES string of the molecule is CC(C(=O)O)C1CCN(Cc2ccccc2)CC1. The molecule has 0 saturated carbocycles. The number of benzene rings is 1. The first-order valence-corrected chi connectivity index (χ1v) is 6.66. The number of hydrogen-bond acceptors (Lipinski definition) is 2. The Balaban J connectivity index is 1.82. The van der Waals surface area contributed by atoms with E-state index in [4.69, 9.17) is 5.11 Å². The van der Waals surface area contributed by atoms with E-state index in [-0.39, 0.29) is 5.92 Å². The van der Waals surface area contributed by atoms with E-state index in [1.54, 1.807) is 0 Å². The lowest BCUT2D eigenvalue weighted by Gasteiger charge is -2.33. The molecule has 1 atom stereocenters. The fraction of sp³-hybridized carbons (Fsp3) is 0.533. The van der Waals surface area contributed by atoms with Crippen LogP contribution in [0.5, 0.6) is 0 Å². The Morgan fingerprint density at radius 3 is 2.50 bits per heavy atom. The second-order valence-corrected chi connectivity index (χ2v) is 5.23. The molecule has 1 heterocycles. The van der Waals surface area contributed by atoms with E-state index in [0.717, 1.165) is 32.5 Å². The highest BCUT2D eigenvalue weighted by molar-refractivity contribution is 5.69. The Labute approximate surface area is 108 Å². The predicted octanol–water partition coefficient (Wildman–Crippen LogP) is 2.62. The van der Waals surface area contributed by atoms with Gasteiger partial charge in [-0.1, -0.05) is 37.3 Å². The highest BCUT2D eigenvalue weighted by atomic mass is 16.4. The van der Waals surface area contributed by atoms with E-state index in [2.05, 4.69) is 29.2 Å². The molecule has 1 aliphatic rings. The van der Waals surface area contributed by atoms with Crippen molar-refractivity contribution < 1.29 is 9.90 Å². The molecule has 0 spiro atoms. The number of hydrogen-bond donors (Lipinski definition) is 1. The first-order chi connectivity index (χ1) is 8.66. The molecule has 2 rings (SSSR count). The normalized spacial score (nSPS) is 19.6. The third-order valence-corrected chi connectivity index (χ3v) is 3.98. The molecule has 18 heavy (non-hydrogen) atoms. The Kier molecular flexibility index (Phi) is 4.37. The topological polar surface area (TPSA) is 40.5 Å². The van der Waals surface area contributed by atoms with E-state index in [1.807, 2.05) is 13.0 Å².